The molecule has 0 aromatic carbocycles. The van der Waals surface area contributed by atoms with Gasteiger partial charge in [0.25, 0.3) is 0 Å². The minimum Gasteiger partial charge on any atom is -0.462 e. The van der Waals surface area contributed by atoms with Crippen molar-refractivity contribution < 1.29 is 28.6 Å². The molecule has 0 aliphatic rings. The lowest BCUT2D eigenvalue weighted by molar-refractivity contribution is -0.167. The third-order valence-corrected chi connectivity index (χ3v) is 12.9. The van der Waals surface area contributed by atoms with Crippen molar-refractivity contribution >= 4 is 17.9 Å². The molecule has 0 N–H and O–H groups in total. The molecule has 6 nitrogen and oxygen atoms in total. The standard InChI is InChI=1S/C64H112O6/c1-4-7-10-13-16-19-22-25-28-31-32-34-36-39-42-45-48-51-54-57-63(66)69-60-61(59-68-62(65)56-53-50-47-44-41-38-35-30-27-24-21-18-15-12-9-6-3)70-64(67)58-55-52-49-46-43-40-37-33-29-26-23-20-17-14-11-8-5-2/h16-17,19-20,25-26,28-29,32,34,39,42,61H,4-15,18,21-24,27,30-31,33,35-38,40-41,43-60H2,1-3H3/b19-16-,20-17-,28-25-,29-26-,34-32-,42-39-/t61-/m1/s1. The highest BCUT2D eigenvalue weighted by Crippen LogP contribution is 2.16. The molecular weight excluding hydrogens is 865 g/mol. The van der Waals surface area contributed by atoms with Gasteiger partial charge in [-0.1, -0.05) is 254 Å². The Morgan fingerprint density at radius 2 is 0.514 bits per heavy atom. The molecule has 0 saturated heterocycles. The number of hydrogen-bond acceptors (Lipinski definition) is 6. The van der Waals surface area contributed by atoms with Gasteiger partial charge in [-0.3, -0.25) is 14.4 Å². The number of allylic oxidation sites excluding steroid dienone is 12. The molecule has 6 heteroatoms. The first-order chi connectivity index (χ1) is 34.5. The topological polar surface area (TPSA) is 78.9 Å². The summed E-state index contributed by atoms with van der Waals surface area (Å²) in [4.78, 5) is 38.2. The number of esters is 3. The summed E-state index contributed by atoms with van der Waals surface area (Å²) in [6, 6.07) is 0. The van der Waals surface area contributed by atoms with E-state index in [1.165, 1.54) is 161 Å². The highest BCUT2D eigenvalue weighted by atomic mass is 16.6. The first-order valence-electron chi connectivity index (χ1n) is 29.9. The van der Waals surface area contributed by atoms with E-state index in [-0.39, 0.29) is 31.1 Å². The van der Waals surface area contributed by atoms with Crippen molar-refractivity contribution in [3.05, 3.63) is 72.9 Å². The predicted molar refractivity (Wildman–Crippen MR) is 302 cm³/mol. The molecule has 0 aromatic rings. The van der Waals surface area contributed by atoms with Crippen molar-refractivity contribution in [1.29, 1.82) is 0 Å². The van der Waals surface area contributed by atoms with Crippen LogP contribution in [0.25, 0.3) is 0 Å². The zero-order valence-electron chi connectivity index (χ0n) is 46.3. The van der Waals surface area contributed by atoms with E-state index in [1.54, 1.807) is 0 Å². The molecule has 0 radical (unpaired) electrons. The minimum absolute atomic E-state index is 0.0866. The average molecular weight is 978 g/mol. The van der Waals surface area contributed by atoms with Crippen molar-refractivity contribution in [2.24, 2.45) is 0 Å². The third kappa shape index (κ3) is 55.8. The molecule has 0 aliphatic heterocycles. The predicted octanol–water partition coefficient (Wildman–Crippen LogP) is 20.2. The molecule has 70 heavy (non-hydrogen) atoms. The summed E-state index contributed by atoms with van der Waals surface area (Å²) in [6.07, 6.45) is 74.6. The second kappa shape index (κ2) is 58.4. The smallest absolute Gasteiger partial charge is 0.306 e. The molecule has 0 aromatic heterocycles. The Balaban J connectivity index is 4.44. The number of carbonyl (C=O) groups is 3. The average Bonchev–Trinajstić information content (AvgIpc) is 3.36. The van der Waals surface area contributed by atoms with Gasteiger partial charge in [0.05, 0.1) is 0 Å². The Kier molecular flexibility index (Phi) is 55.8. The van der Waals surface area contributed by atoms with E-state index in [0.29, 0.717) is 19.3 Å². The van der Waals surface area contributed by atoms with Crippen LogP contribution >= 0.6 is 0 Å². The highest BCUT2D eigenvalue weighted by molar-refractivity contribution is 5.71. The van der Waals surface area contributed by atoms with E-state index in [2.05, 4.69) is 93.7 Å². The first kappa shape index (κ1) is 66.9. The van der Waals surface area contributed by atoms with E-state index in [9.17, 15) is 14.4 Å². The molecule has 0 bridgehead atoms. The minimum atomic E-state index is -0.792. The highest BCUT2D eigenvalue weighted by Gasteiger charge is 2.19. The molecular formula is C64H112O6. The van der Waals surface area contributed by atoms with E-state index < -0.39 is 6.10 Å². The van der Waals surface area contributed by atoms with E-state index in [0.717, 1.165) is 96.3 Å². The maximum absolute atomic E-state index is 12.9. The van der Waals surface area contributed by atoms with Crippen LogP contribution in [0.5, 0.6) is 0 Å². The normalized spacial score (nSPS) is 12.6. The van der Waals surface area contributed by atoms with Crippen LogP contribution in [-0.2, 0) is 28.6 Å². The maximum Gasteiger partial charge on any atom is 0.306 e. The van der Waals surface area contributed by atoms with E-state index in [1.807, 2.05) is 0 Å². The molecule has 1 atom stereocenters. The van der Waals surface area contributed by atoms with Gasteiger partial charge in [-0.2, -0.15) is 0 Å². The molecule has 0 amide bonds. The molecule has 0 rings (SSSR count). The fourth-order valence-corrected chi connectivity index (χ4v) is 8.40. The van der Waals surface area contributed by atoms with Crippen molar-refractivity contribution in [3.8, 4) is 0 Å². The summed E-state index contributed by atoms with van der Waals surface area (Å²) in [5.74, 6) is -0.915. The Bertz CT molecular complexity index is 1310. The fraction of sp³-hybridized carbons (Fsp3) is 0.766. The largest absolute Gasteiger partial charge is 0.462 e. The summed E-state index contributed by atoms with van der Waals surface area (Å²) in [6.45, 7) is 6.58. The number of hydrogen-bond donors (Lipinski definition) is 0. The molecule has 0 saturated carbocycles. The van der Waals surface area contributed by atoms with Crippen molar-refractivity contribution in [2.45, 2.75) is 303 Å². The van der Waals surface area contributed by atoms with E-state index in [4.69, 9.17) is 14.2 Å². The number of unbranched alkanes of at least 4 members (excludes halogenated alkanes) is 31. The van der Waals surface area contributed by atoms with Gasteiger partial charge in [0.15, 0.2) is 6.10 Å². The van der Waals surface area contributed by atoms with Gasteiger partial charge in [-0.05, 0) is 96.3 Å². The Morgan fingerprint density at radius 3 is 0.843 bits per heavy atom. The van der Waals surface area contributed by atoms with Crippen LogP contribution in [0, 0.1) is 0 Å². The van der Waals surface area contributed by atoms with Crippen LogP contribution in [0.2, 0.25) is 0 Å². The van der Waals surface area contributed by atoms with Gasteiger partial charge in [-0.25, -0.2) is 0 Å². The van der Waals surface area contributed by atoms with E-state index >= 15 is 0 Å². The van der Waals surface area contributed by atoms with Gasteiger partial charge in [0.1, 0.15) is 13.2 Å². The summed E-state index contributed by atoms with van der Waals surface area (Å²) < 4.78 is 16.9. The fourth-order valence-electron chi connectivity index (χ4n) is 8.40. The molecule has 0 fully saturated rings. The summed E-state index contributed by atoms with van der Waals surface area (Å²) in [7, 11) is 0. The molecule has 404 valence electrons. The van der Waals surface area contributed by atoms with Crippen LogP contribution in [0.15, 0.2) is 72.9 Å². The van der Waals surface area contributed by atoms with Gasteiger partial charge in [-0.15, -0.1) is 0 Å². The second-order valence-corrected chi connectivity index (χ2v) is 19.9. The molecule has 0 spiro atoms. The lowest BCUT2D eigenvalue weighted by Crippen LogP contribution is -2.30. The zero-order valence-corrected chi connectivity index (χ0v) is 46.3. The van der Waals surface area contributed by atoms with Crippen LogP contribution in [-0.4, -0.2) is 37.2 Å². The van der Waals surface area contributed by atoms with Gasteiger partial charge in [0.2, 0.25) is 0 Å². The third-order valence-electron chi connectivity index (χ3n) is 12.9. The van der Waals surface area contributed by atoms with Gasteiger partial charge >= 0.3 is 17.9 Å². The summed E-state index contributed by atoms with van der Waals surface area (Å²) >= 11 is 0. The second-order valence-electron chi connectivity index (χ2n) is 19.9. The van der Waals surface area contributed by atoms with Crippen LogP contribution in [0.4, 0.5) is 0 Å². The maximum atomic E-state index is 12.9. The Hall–Kier alpha value is -3.15. The van der Waals surface area contributed by atoms with Crippen LogP contribution < -0.4 is 0 Å². The van der Waals surface area contributed by atoms with Gasteiger partial charge in [0, 0.05) is 19.3 Å². The molecule has 0 unspecified atom stereocenters. The van der Waals surface area contributed by atoms with Crippen molar-refractivity contribution in [2.75, 3.05) is 13.2 Å². The molecule has 0 heterocycles. The quantitative estimate of drug-likeness (QED) is 0.0261. The monoisotopic (exact) mass is 977 g/mol. The summed E-state index contributed by atoms with van der Waals surface area (Å²) in [5, 5.41) is 0. The first-order valence-corrected chi connectivity index (χ1v) is 29.9. The van der Waals surface area contributed by atoms with Crippen LogP contribution in [0.3, 0.4) is 0 Å². The number of rotatable bonds is 54. The zero-order chi connectivity index (χ0) is 50.7. The van der Waals surface area contributed by atoms with Gasteiger partial charge < -0.3 is 14.2 Å². The van der Waals surface area contributed by atoms with Crippen molar-refractivity contribution in [3.63, 3.8) is 0 Å². The van der Waals surface area contributed by atoms with Crippen molar-refractivity contribution in [1.82, 2.24) is 0 Å². The van der Waals surface area contributed by atoms with Crippen LogP contribution in [0.1, 0.15) is 297 Å². The number of carbonyl (C=O) groups excluding carboxylic acids is 3. The lowest BCUT2D eigenvalue weighted by Gasteiger charge is -2.18. The summed E-state index contributed by atoms with van der Waals surface area (Å²) in [5.41, 5.74) is 0. The number of ether oxygens (including phenoxy) is 3. The lowest BCUT2D eigenvalue weighted by atomic mass is 10.0. The Labute approximate surface area is 433 Å². The Morgan fingerprint density at radius 1 is 0.286 bits per heavy atom. The molecule has 0 aliphatic carbocycles. The SMILES string of the molecule is CCCCC/C=C\C/C=C\C/C=C\C/C=C\CCCCCC(=O)OC[C@@H](COC(=O)CCCCCCCCCCCCCCCCCC)OC(=O)CCCCCCCCC/C=C\C/C=C\CCCCC.